The maximum absolute atomic E-state index is 11.8. The number of unbranched alkanes of at least 4 members (excludes halogenated alkanes) is 6. The van der Waals surface area contributed by atoms with Crippen molar-refractivity contribution in [1.29, 1.82) is 0 Å². The van der Waals surface area contributed by atoms with Crippen LogP contribution in [0.15, 0.2) is 41.3 Å². The summed E-state index contributed by atoms with van der Waals surface area (Å²) in [5, 5.41) is 1.96. The highest BCUT2D eigenvalue weighted by Gasteiger charge is 2.01. The monoisotopic (exact) mass is 349 g/mol. The zero-order chi connectivity index (χ0) is 14.9. The number of hydrogen-bond acceptors (Lipinski definition) is 1. The molecule has 0 amide bonds. The fourth-order valence-electron chi connectivity index (χ4n) is 2.72. The summed E-state index contributed by atoms with van der Waals surface area (Å²) in [6.45, 7) is 1.00. The zero-order valence-electron chi connectivity index (χ0n) is 12.6. The Labute approximate surface area is 135 Å². The Kier molecular flexibility index (Phi) is 7.01. The van der Waals surface area contributed by atoms with E-state index in [0.717, 1.165) is 22.8 Å². The van der Waals surface area contributed by atoms with E-state index in [2.05, 4.69) is 20.5 Å². The average molecular weight is 350 g/mol. The number of hydrogen-bond donors (Lipinski definition) is 0. The first kappa shape index (κ1) is 16.3. The topological polar surface area (TPSA) is 22.0 Å². The Balaban J connectivity index is 1.79. The van der Waals surface area contributed by atoms with Crippen molar-refractivity contribution in [2.45, 2.75) is 51.5 Å². The highest BCUT2D eigenvalue weighted by atomic mass is 79.9. The van der Waals surface area contributed by atoms with Gasteiger partial charge < -0.3 is 4.57 Å². The van der Waals surface area contributed by atoms with Gasteiger partial charge in [0.2, 0.25) is 0 Å². The fourth-order valence-corrected chi connectivity index (χ4v) is 3.11. The second kappa shape index (κ2) is 9.04. The largest absolute Gasteiger partial charge is 0.347 e. The number of aromatic nitrogens is 1. The molecule has 0 atom stereocenters. The minimum absolute atomic E-state index is 0.119. The molecule has 114 valence electrons. The first-order chi connectivity index (χ1) is 10.3. The molecule has 0 aliphatic carbocycles. The van der Waals surface area contributed by atoms with Crippen LogP contribution < -0.4 is 5.43 Å². The molecule has 0 unspecified atom stereocenters. The standard InChI is InChI=1S/C18H24BrNO/c19-13-8-4-2-1-3-5-9-14-20-15-12-18(21)16-10-6-7-11-17(16)20/h6-7,10-12,15H,1-5,8-9,13-14H2. The number of para-hydroxylation sites is 1. The van der Waals surface area contributed by atoms with Gasteiger partial charge in [0.15, 0.2) is 5.43 Å². The van der Waals surface area contributed by atoms with Crippen LogP contribution in [0.4, 0.5) is 0 Å². The van der Waals surface area contributed by atoms with E-state index in [1.807, 2.05) is 30.5 Å². The van der Waals surface area contributed by atoms with E-state index in [0.29, 0.717) is 0 Å². The molecule has 0 N–H and O–H groups in total. The minimum atomic E-state index is 0.119. The van der Waals surface area contributed by atoms with Crippen LogP contribution in [0.3, 0.4) is 0 Å². The summed E-state index contributed by atoms with van der Waals surface area (Å²) in [5.74, 6) is 0. The highest BCUT2D eigenvalue weighted by Crippen LogP contribution is 2.12. The predicted molar refractivity (Wildman–Crippen MR) is 94.3 cm³/mol. The predicted octanol–water partition coefficient (Wildman–Crippen LogP) is 5.13. The normalized spacial score (nSPS) is 11.1. The lowest BCUT2D eigenvalue weighted by atomic mass is 10.1. The fraction of sp³-hybridized carbons (Fsp3) is 0.500. The van der Waals surface area contributed by atoms with E-state index < -0.39 is 0 Å². The van der Waals surface area contributed by atoms with Crippen molar-refractivity contribution in [3.05, 3.63) is 46.8 Å². The molecule has 0 aliphatic heterocycles. The van der Waals surface area contributed by atoms with Gasteiger partial charge in [0.1, 0.15) is 0 Å². The van der Waals surface area contributed by atoms with E-state index in [9.17, 15) is 4.79 Å². The quantitative estimate of drug-likeness (QED) is 0.454. The highest BCUT2D eigenvalue weighted by molar-refractivity contribution is 9.09. The van der Waals surface area contributed by atoms with Crippen LogP contribution in [0.1, 0.15) is 44.9 Å². The molecular weight excluding hydrogens is 326 g/mol. The zero-order valence-corrected chi connectivity index (χ0v) is 14.1. The van der Waals surface area contributed by atoms with Crippen LogP contribution in [0.5, 0.6) is 0 Å². The van der Waals surface area contributed by atoms with Crippen LogP contribution in [-0.2, 0) is 6.54 Å². The lowest BCUT2D eigenvalue weighted by molar-refractivity contribution is 0.556. The lowest BCUT2D eigenvalue weighted by Gasteiger charge is -2.10. The Bertz CT molecular complexity index is 605. The second-order valence-corrected chi connectivity index (χ2v) is 6.35. The molecule has 1 aromatic carbocycles. The van der Waals surface area contributed by atoms with Gasteiger partial charge in [0.05, 0.1) is 5.52 Å². The summed E-state index contributed by atoms with van der Waals surface area (Å²) >= 11 is 3.47. The number of fused-ring (bicyclic) bond motifs is 1. The maximum atomic E-state index is 11.8. The van der Waals surface area contributed by atoms with Gasteiger partial charge in [-0.05, 0) is 25.0 Å². The third-order valence-corrected chi connectivity index (χ3v) is 4.48. The third-order valence-electron chi connectivity index (χ3n) is 3.92. The van der Waals surface area contributed by atoms with Gasteiger partial charge >= 0.3 is 0 Å². The molecule has 0 saturated carbocycles. The Morgan fingerprint density at radius 1 is 0.857 bits per heavy atom. The van der Waals surface area contributed by atoms with Crippen LogP contribution in [0.25, 0.3) is 10.9 Å². The second-order valence-electron chi connectivity index (χ2n) is 5.55. The number of alkyl halides is 1. The SMILES string of the molecule is O=c1ccn(CCCCCCCCCBr)c2ccccc12. The van der Waals surface area contributed by atoms with E-state index in [-0.39, 0.29) is 5.43 Å². The minimum Gasteiger partial charge on any atom is -0.347 e. The van der Waals surface area contributed by atoms with Gasteiger partial charge in [-0.3, -0.25) is 4.79 Å². The summed E-state index contributed by atoms with van der Waals surface area (Å²) < 4.78 is 2.21. The summed E-state index contributed by atoms with van der Waals surface area (Å²) in [5.41, 5.74) is 1.18. The first-order valence-corrected chi connectivity index (χ1v) is 9.09. The van der Waals surface area contributed by atoms with Crippen molar-refractivity contribution in [3.63, 3.8) is 0 Å². The van der Waals surface area contributed by atoms with Crippen molar-refractivity contribution in [2.75, 3.05) is 5.33 Å². The van der Waals surface area contributed by atoms with Crippen LogP contribution >= 0.6 is 15.9 Å². The molecule has 2 nitrogen and oxygen atoms in total. The first-order valence-electron chi connectivity index (χ1n) is 7.97. The summed E-state index contributed by atoms with van der Waals surface area (Å²) in [7, 11) is 0. The van der Waals surface area contributed by atoms with Gasteiger partial charge in [-0.15, -0.1) is 0 Å². The lowest BCUT2D eigenvalue weighted by Crippen LogP contribution is -2.08. The third kappa shape index (κ3) is 4.99. The Hall–Kier alpha value is -1.09. The molecule has 1 aromatic heterocycles. The molecule has 2 aromatic rings. The van der Waals surface area contributed by atoms with Crippen LogP contribution in [0.2, 0.25) is 0 Å². The number of aryl methyl sites for hydroxylation is 1. The molecule has 0 saturated heterocycles. The van der Waals surface area contributed by atoms with Crippen LogP contribution in [0, 0.1) is 0 Å². The molecule has 0 radical (unpaired) electrons. The summed E-state index contributed by atoms with van der Waals surface area (Å²) in [6, 6.07) is 9.57. The van der Waals surface area contributed by atoms with Gasteiger partial charge in [-0.2, -0.15) is 0 Å². The Morgan fingerprint density at radius 2 is 1.52 bits per heavy atom. The molecular formula is C18H24BrNO. The summed E-state index contributed by atoms with van der Waals surface area (Å²) in [6.07, 6.45) is 11.0. The van der Waals surface area contributed by atoms with E-state index in [1.165, 1.54) is 44.9 Å². The molecule has 0 bridgehead atoms. The number of rotatable bonds is 9. The van der Waals surface area contributed by atoms with Crippen LogP contribution in [-0.4, -0.2) is 9.90 Å². The van der Waals surface area contributed by atoms with Gasteiger partial charge in [0.25, 0.3) is 0 Å². The van der Waals surface area contributed by atoms with Crippen molar-refractivity contribution < 1.29 is 0 Å². The number of halogens is 1. The van der Waals surface area contributed by atoms with Gasteiger partial charge in [0, 0.05) is 29.5 Å². The van der Waals surface area contributed by atoms with E-state index in [4.69, 9.17) is 0 Å². The molecule has 3 heteroatoms. The molecule has 21 heavy (non-hydrogen) atoms. The number of pyridine rings is 1. The van der Waals surface area contributed by atoms with E-state index >= 15 is 0 Å². The van der Waals surface area contributed by atoms with Crippen molar-refractivity contribution in [3.8, 4) is 0 Å². The van der Waals surface area contributed by atoms with Gasteiger partial charge in [-0.1, -0.05) is 60.2 Å². The van der Waals surface area contributed by atoms with Crippen molar-refractivity contribution in [2.24, 2.45) is 0 Å². The average Bonchev–Trinajstić information content (AvgIpc) is 2.52. The molecule has 2 rings (SSSR count). The number of benzene rings is 1. The number of nitrogens with zero attached hydrogens (tertiary/aromatic N) is 1. The van der Waals surface area contributed by atoms with Gasteiger partial charge in [-0.25, -0.2) is 0 Å². The smallest absolute Gasteiger partial charge is 0.189 e. The van der Waals surface area contributed by atoms with E-state index in [1.54, 1.807) is 6.07 Å². The van der Waals surface area contributed by atoms with Crippen molar-refractivity contribution >= 4 is 26.8 Å². The molecule has 0 spiro atoms. The maximum Gasteiger partial charge on any atom is 0.189 e. The molecule has 0 aliphatic rings. The molecule has 0 fully saturated rings. The Morgan fingerprint density at radius 3 is 2.29 bits per heavy atom. The molecule has 1 heterocycles. The summed E-state index contributed by atoms with van der Waals surface area (Å²) in [4.78, 5) is 11.8. The van der Waals surface area contributed by atoms with Crippen molar-refractivity contribution in [1.82, 2.24) is 4.57 Å².